The summed E-state index contributed by atoms with van der Waals surface area (Å²) in [6.07, 6.45) is 4.56. The van der Waals surface area contributed by atoms with E-state index in [4.69, 9.17) is 5.73 Å². The molecule has 0 spiro atoms. The Morgan fingerprint density at radius 3 is 2.71 bits per heavy atom. The molecule has 0 saturated heterocycles. The molecular weight excluding hydrogens is 86.1 g/mol. The van der Waals surface area contributed by atoms with Crippen LogP contribution in [-0.2, 0) is 0 Å². The average molecular weight is 97.2 g/mol. The number of hydrogen-bond acceptors (Lipinski definition) is 1. The fraction of sp³-hybridized carbons (Fsp3) is 0.667. The first-order valence-electron chi connectivity index (χ1n) is 2.73. The molecule has 0 heterocycles. The maximum atomic E-state index is 5.61. The molecule has 0 saturated carbocycles. The molecule has 1 aliphatic rings. The lowest BCUT2D eigenvalue weighted by atomic mass is 10.2. The maximum Gasteiger partial charge on any atom is 0.0253 e. The molecule has 1 rings (SSSR count). The molecule has 1 heteroatoms. The van der Waals surface area contributed by atoms with Crippen LogP contribution in [0.2, 0.25) is 0 Å². The Balaban J connectivity index is 2.54. The van der Waals surface area contributed by atoms with Crippen molar-refractivity contribution in [3.8, 4) is 0 Å². The SMILES string of the molecule is CC1=CCC[C@@H]1N. The van der Waals surface area contributed by atoms with Crippen LogP contribution >= 0.6 is 0 Å². The third-order valence-electron chi connectivity index (χ3n) is 1.53. The summed E-state index contributed by atoms with van der Waals surface area (Å²) in [5, 5.41) is 0. The summed E-state index contributed by atoms with van der Waals surface area (Å²) >= 11 is 0. The smallest absolute Gasteiger partial charge is 0.0253 e. The highest BCUT2D eigenvalue weighted by atomic mass is 14.6. The second kappa shape index (κ2) is 1.66. The first-order chi connectivity index (χ1) is 3.30. The van der Waals surface area contributed by atoms with Gasteiger partial charge in [0, 0.05) is 6.04 Å². The largest absolute Gasteiger partial charge is 0.324 e. The minimum Gasteiger partial charge on any atom is -0.324 e. The van der Waals surface area contributed by atoms with E-state index in [2.05, 4.69) is 13.0 Å². The normalized spacial score (nSPS) is 30.6. The van der Waals surface area contributed by atoms with Crippen LogP contribution in [0.15, 0.2) is 11.6 Å². The lowest BCUT2D eigenvalue weighted by Gasteiger charge is -1.99. The molecular formula is C6H11N. The van der Waals surface area contributed by atoms with E-state index < -0.39 is 0 Å². The van der Waals surface area contributed by atoms with Crippen LogP contribution in [0.4, 0.5) is 0 Å². The first kappa shape index (κ1) is 4.85. The lowest BCUT2D eigenvalue weighted by Crippen LogP contribution is -2.16. The first-order valence-corrected chi connectivity index (χ1v) is 2.73. The molecule has 7 heavy (non-hydrogen) atoms. The van der Waals surface area contributed by atoms with E-state index in [0.717, 1.165) is 6.42 Å². The zero-order valence-electron chi connectivity index (χ0n) is 4.65. The van der Waals surface area contributed by atoms with E-state index in [-0.39, 0.29) is 0 Å². The number of nitrogens with two attached hydrogens (primary N) is 1. The molecule has 1 atom stereocenters. The predicted molar refractivity (Wildman–Crippen MR) is 31.0 cm³/mol. The van der Waals surface area contributed by atoms with Gasteiger partial charge in [-0.3, -0.25) is 0 Å². The zero-order chi connectivity index (χ0) is 5.28. The fourth-order valence-corrected chi connectivity index (χ4v) is 0.870. The highest BCUT2D eigenvalue weighted by Gasteiger charge is 2.08. The number of allylic oxidation sites excluding steroid dienone is 1. The standard InChI is InChI=1S/C6H11N/c1-5-3-2-4-6(5)7/h3,6H,2,4,7H2,1H3/t6-/m0/s1. The molecule has 2 N–H and O–H groups in total. The van der Waals surface area contributed by atoms with Gasteiger partial charge in [0.2, 0.25) is 0 Å². The highest BCUT2D eigenvalue weighted by molar-refractivity contribution is 5.12. The molecule has 0 aromatic carbocycles. The quantitative estimate of drug-likeness (QED) is 0.449. The van der Waals surface area contributed by atoms with Gasteiger partial charge in [0.1, 0.15) is 0 Å². The zero-order valence-corrected chi connectivity index (χ0v) is 4.65. The molecule has 0 amide bonds. The monoisotopic (exact) mass is 97.1 g/mol. The van der Waals surface area contributed by atoms with E-state index in [1.54, 1.807) is 0 Å². The Morgan fingerprint density at radius 1 is 1.86 bits per heavy atom. The van der Waals surface area contributed by atoms with E-state index in [0.29, 0.717) is 6.04 Å². The third kappa shape index (κ3) is 0.829. The minimum absolute atomic E-state index is 0.375. The summed E-state index contributed by atoms with van der Waals surface area (Å²) in [5.41, 5.74) is 6.97. The summed E-state index contributed by atoms with van der Waals surface area (Å²) in [5.74, 6) is 0. The van der Waals surface area contributed by atoms with Crippen LogP contribution in [0.1, 0.15) is 19.8 Å². The molecule has 0 fully saturated rings. The Labute approximate surface area is 44.2 Å². The van der Waals surface area contributed by atoms with Gasteiger partial charge in [-0.25, -0.2) is 0 Å². The van der Waals surface area contributed by atoms with E-state index in [9.17, 15) is 0 Å². The van der Waals surface area contributed by atoms with E-state index >= 15 is 0 Å². The van der Waals surface area contributed by atoms with Gasteiger partial charge >= 0.3 is 0 Å². The average Bonchev–Trinajstić information content (AvgIpc) is 1.91. The molecule has 0 aliphatic heterocycles. The molecule has 40 valence electrons. The summed E-state index contributed by atoms with van der Waals surface area (Å²) in [4.78, 5) is 0. The van der Waals surface area contributed by atoms with Crippen molar-refractivity contribution in [2.24, 2.45) is 5.73 Å². The molecule has 0 unspecified atom stereocenters. The number of hydrogen-bond donors (Lipinski definition) is 1. The summed E-state index contributed by atoms with van der Waals surface area (Å²) in [6.45, 7) is 2.09. The lowest BCUT2D eigenvalue weighted by molar-refractivity contribution is 0.752. The summed E-state index contributed by atoms with van der Waals surface area (Å²) < 4.78 is 0. The summed E-state index contributed by atoms with van der Waals surface area (Å²) in [6, 6.07) is 0.375. The van der Waals surface area contributed by atoms with Crippen molar-refractivity contribution >= 4 is 0 Å². The van der Waals surface area contributed by atoms with Gasteiger partial charge in [-0.1, -0.05) is 11.6 Å². The van der Waals surface area contributed by atoms with Crippen molar-refractivity contribution in [2.75, 3.05) is 0 Å². The minimum atomic E-state index is 0.375. The predicted octanol–water partition coefficient (Wildman–Crippen LogP) is 1.05. The topological polar surface area (TPSA) is 26.0 Å². The molecule has 1 aliphatic carbocycles. The van der Waals surface area contributed by atoms with Crippen LogP contribution < -0.4 is 5.73 Å². The number of rotatable bonds is 0. The molecule has 0 aromatic heterocycles. The van der Waals surface area contributed by atoms with Gasteiger partial charge in [-0.2, -0.15) is 0 Å². The van der Waals surface area contributed by atoms with Gasteiger partial charge in [0.15, 0.2) is 0 Å². The molecule has 0 aromatic rings. The Bertz CT molecular complexity index is 94.4. The van der Waals surface area contributed by atoms with Gasteiger partial charge < -0.3 is 5.73 Å². The Morgan fingerprint density at radius 2 is 2.57 bits per heavy atom. The van der Waals surface area contributed by atoms with Crippen LogP contribution in [-0.4, -0.2) is 6.04 Å². The molecule has 1 nitrogen and oxygen atoms in total. The molecule has 0 radical (unpaired) electrons. The van der Waals surface area contributed by atoms with Gasteiger partial charge in [-0.15, -0.1) is 0 Å². The Kier molecular flexibility index (Phi) is 1.15. The van der Waals surface area contributed by atoms with Gasteiger partial charge in [0.25, 0.3) is 0 Å². The van der Waals surface area contributed by atoms with Crippen molar-refractivity contribution < 1.29 is 0 Å². The van der Waals surface area contributed by atoms with Crippen molar-refractivity contribution in [3.05, 3.63) is 11.6 Å². The van der Waals surface area contributed by atoms with E-state index in [1.165, 1.54) is 12.0 Å². The van der Waals surface area contributed by atoms with Gasteiger partial charge in [0.05, 0.1) is 0 Å². The van der Waals surface area contributed by atoms with Crippen molar-refractivity contribution in [1.82, 2.24) is 0 Å². The maximum absolute atomic E-state index is 5.61. The van der Waals surface area contributed by atoms with Crippen molar-refractivity contribution in [2.45, 2.75) is 25.8 Å². The van der Waals surface area contributed by atoms with Gasteiger partial charge in [-0.05, 0) is 19.8 Å². The summed E-state index contributed by atoms with van der Waals surface area (Å²) in [7, 11) is 0. The molecule has 0 bridgehead atoms. The van der Waals surface area contributed by atoms with Crippen LogP contribution in [0.25, 0.3) is 0 Å². The van der Waals surface area contributed by atoms with Crippen molar-refractivity contribution in [3.63, 3.8) is 0 Å². The van der Waals surface area contributed by atoms with Crippen LogP contribution in [0.3, 0.4) is 0 Å². The fourth-order valence-electron chi connectivity index (χ4n) is 0.870. The van der Waals surface area contributed by atoms with Crippen molar-refractivity contribution in [1.29, 1.82) is 0 Å². The van der Waals surface area contributed by atoms with Crippen LogP contribution in [0, 0.1) is 0 Å². The van der Waals surface area contributed by atoms with Crippen LogP contribution in [0.5, 0.6) is 0 Å². The Hall–Kier alpha value is -0.300. The second-order valence-electron chi connectivity index (χ2n) is 2.13. The second-order valence-corrected chi connectivity index (χ2v) is 2.13. The highest BCUT2D eigenvalue weighted by Crippen LogP contribution is 2.14. The third-order valence-corrected chi connectivity index (χ3v) is 1.53. The van der Waals surface area contributed by atoms with E-state index in [1.807, 2.05) is 0 Å².